The van der Waals surface area contributed by atoms with Crippen LogP contribution in [0.5, 0.6) is 0 Å². The minimum Gasteiger partial charge on any atom is -0.326 e. The number of carbonyl (C=O) groups excluding carboxylic acids is 1. The van der Waals surface area contributed by atoms with Crippen molar-refractivity contribution < 1.29 is 17.6 Å². The van der Waals surface area contributed by atoms with Crippen LogP contribution < -0.4 is 10.0 Å². The third-order valence-electron chi connectivity index (χ3n) is 3.16. The van der Waals surface area contributed by atoms with Gasteiger partial charge >= 0.3 is 0 Å². The van der Waals surface area contributed by atoms with Crippen LogP contribution in [-0.2, 0) is 14.8 Å². The van der Waals surface area contributed by atoms with Crippen molar-refractivity contribution in [3.8, 4) is 0 Å². The molecule has 2 aromatic rings. The molecule has 0 aliphatic heterocycles. The van der Waals surface area contributed by atoms with Gasteiger partial charge in [-0.15, -0.1) is 0 Å². The van der Waals surface area contributed by atoms with Crippen LogP contribution in [0.3, 0.4) is 0 Å². The van der Waals surface area contributed by atoms with Gasteiger partial charge < -0.3 is 5.32 Å². The molecule has 0 saturated carbocycles. The van der Waals surface area contributed by atoms with E-state index in [1.54, 1.807) is 0 Å². The summed E-state index contributed by atoms with van der Waals surface area (Å²) in [4.78, 5) is 12.3. The lowest BCUT2D eigenvalue weighted by Crippen LogP contribution is -2.30. The van der Waals surface area contributed by atoms with Gasteiger partial charge in [0.1, 0.15) is 5.82 Å². The molecule has 2 rings (SSSR count). The van der Waals surface area contributed by atoms with E-state index in [-0.39, 0.29) is 6.42 Å². The van der Waals surface area contributed by atoms with Crippen LogP contribution in [0, 0.1) is 5.82 Å². The van der Waals surface area contributed by atoms with Crippen molar-refractivity contribution in [3.63, 3.8) is 0 Å². The van der Waals surface area contributed by atoms with Crippen LogP contribution >= 0.6 is 23.2 Å². The van der Waals surface area contributed by atoms with Crippen molar-refractivity contribution in [2.75, 3.05) is 11.6 Å². The highest BCUT2D eigenvalue weighted by molar-refractivity contribution is 7.88. The Labute approximate surface area is 155 Å². The van der Waals surface area contributed by atoms with Crippen molar-refractivity contribution in [3.05, 3.63) is 63.9 Å². The van der Waals surface area contributed by atoms with Crippen molar-refractivity contribution in [1.29, 1.82) is 0 Å². The van der Waals surface area contributed by atoms with E-state index in [4.69, 9.17) is 23.2 Å². The molecule has 1 amide bonds. The Kier molecular flexibility index (Phi) is 6.40. The first kappa shape index (κ1) is 19.7. The molecule has 0 saturated heterocycles. The molecule has 134 valence electrons. The number of hydrogen-bond donors (Lipinski definition) is 2. The average molecular weight is 405 g/mol. The number of carbonyl (C=O) groups is 1. The standard InChI is InChI=1S/C16H15Cl2FN2O3S/c1-25(23,24)21-15(10-2-4-13(19)5-3-10)9-16(22)20-14-7-11(17)6-12(18)8-14/h2-8,15,21H,9H2,1H3,(H,20,22). The SMILES string of the molecule is CS(=O)(=O)NC(CC(=O)Nc1cc(Cl)cc(Cl)c1)c1ccc(F)cc1. The summed E-state index contributed by atoms with van der Waals surface area (Å²) in [6, 6.07) is 8.94. The van der Waals surface area contributed by atoms with Crippen LogP contribution in [0.25, 0.3) is 0 Å². The van der Waals surface area contributed by atoms with Crippen LogP contribution in [-0.4, -0.2) is 20.6 Å². The highest BCUT2D eigenvalue weighted by Crippen LogP contribution is 2.24. The zero-order valence-corrected chi connectivity index (χ0v) is 15.4. The van der Waals surface area contributed by atoms with E-state index in [9.17, 15) is 17.6 Å². The van der Waals surface area contributed by atoms with Gasteiger partial charge in [0.15, 0.2) is 0 Å². The lowest BCUT2D eigenvalue weighted by atomic mass is 10.0. The summed E-state index contributed by atoms with van der Waals surface area (Å²) >= 11 is 11.7. The van der Waals surface area contributed by atoms with Gasteiger partial charge in [-0.05, 0) is 35.9 Å². The fourth-order valence-electron chi connectivity index (χ4n) is 2.20. The Morgan fingerprint density at radius 2 is 1.68 bits per heavy atom. The van der Waals surface area contributed by atoms with E-state index in [2.05, 4.69) is 10.0 Å². The van der Waals surface area contributed by atoms with Gasteiger partial charge in [0, 0.05) is 22.2 Å². The summed E-state index contributed by atoms with van der Waals surface area (Å²) in [6.07, 6.45) is 0.793. The van der Waals surface area contributed by atoms with Crippen molar-refractivity contribution >= 4 is 44.8 Å². The van der Waals surface area contributed by atoms with Gasteiger partial charge in [-0.3, -0.25) is 4.79 Å². The quantitative estimate of drug-likeness (QED) is 0.769. The van der Waals surface area contributed by atoms with Gasteiger partial charge in [-0.1, -0.05) is 35.3 Å². The maximum Gasteiger partial charge on any atom is 0.226 e. The van der Waals surface area contributed by atoms with E-state index in [1.807, 2.05) is 0 Å². The van der Waals surface area contributed by atoms with Gasteiger partial charge in [0.05, 0.1) is 12.3 Å². The Bertz CT molecular complexity index is 853. The minimum atomic E-state index is -3.58. The minimum absolute atomic E-state index is 0.192. The topological polar surface area (TPSA) is 75.3 Å². The zero-order valence-electron chi connectivity index (χ0n) is 13.1. The summed E-state index contributed by atoms with van der Waals surface area (Å²) in [7, 11) is -3.58. The van der Waals surface area contributed by atoms with Crippen molar-refractivity contribution in [2.24, 2.45) is 0 Å². The third-order valence-corrected chi connectivity index (χ3v) is 4.31. The third kappa shape index (κ3) is 6.62. The smallest absolute Gasteiger partial charge is 0.226 e. The fourth-order valence-corrected chi connectivity index (χ4v) is 3.47. The predicted molar refractivity (Wildman–Crippen MR) is 96.8 cm³/mol. The first-order chi connectivity index (χ1) is 11.6. The van der Waals surface area contributed by atoms with E-state index >= 15 is 0 Å². The van der Waals surface area contributed by atoms with Crippen LogP contribution in [0.15, 0.2) is 42.5 Å². The summed E-state index contributed by atoms with van der Waals surface area (Å²) in [5.74, 6) is -0.913. The number of sulfonamides is 1. The summed E-state index contributed by atoms with van der Waals surface area (Å²) in [6.45, 7) is 0. The normalized spacial score (nSPS) is 12.6. The number of anilines is 1. The number of halogens is 3. The molecule has 0 spiro atoms. The average Bonchev–Trinajstić information content (AvgIpc) is 2.44. The van der Waals surface area contributed by atoms with Gasteiger partial charge in [-0.2, -0.15) is 0 Å². The van der Waals surface area contributed by atoms with Gasteiger partial charge in [0.2, 0.25) is 15.9 Å². The lowest BCUT2D eigenvalue weighted by molar-refractivity contribution is -0.116. The second-order valence-corrected chi connectivity index (χ2v) is 8.06. The van der Waals surface area contributed by atoms with Gasteiger partial charge in [-0.25, -0.2) is 17.5 Å². The number of nitrogens with one attached hydrogen (secondary N) is 2. The molecule has 0 aliphatic rings. The number of hydrogen-bond acceptors (Lipinski definition) is 3. The molecule has 0 radical (unpaired) electrons. The van der Waals surface area contributed by atoms with Crippen molar-refractivity contribution in [2.45, 2.75) is 12.5 Å². The van der Waals surface area contributed by atoms with Crippen LogP contribution in [0.1, 0.15) is 18.0 Å². The molecule has 1 unspecified atom stereocenters. The highest BCUT2D eigenvalue weighted by Gasteiger charge is 2.20. The highest BCUT2D eigenvalue weighted by atomic mass is 35.5. The number of benzene rings is 2. The molecular weight excluding hydrogens is 390 g/mol. The predicted octanol–water partition coefficient (Wildman–Crippen LogP) is 3.75. The molecule has 25 heavy (non-hydrogen) atoms. The zero-order chi connectivity index (χ0) is 18.6. The maximum absolute atomic E-state index is 13.1. The molecule has 0 fully saturated rings. The Balaban J connectivity index is 2.17. The van der Waals surface area contributed by atoms with Crippen LogP contribution in [0.2, 0.25) is 10.0 Å². The number of rotatable bonds is 6. The second-order valence-electron chi connectivity index (χ2n) is 5.40. The van der Waals surface area contributed by atoms with Crippen molar-refractivity contribution in [1.82, 2.24) is 4.72 Å². The molecule has 5 nitrogen and oxygen atoms in total. The monoisotopic (exact) mass is 404 g/mol. The van der Waals surface area contributed by atoms with E-state index in [0.29, 0.717) is 21.3 Å². The molecule has 1 atom stereocenters. The first-order valence-corrected chi connectivity index (χ1v) is 9.76. The molecule has 2 N–H and O–H groups in total. The first-order valence-electron chi connectivity index (χ1n) is 7.11. The Hall–Kier alpha value is -1.67. The molecule has 9 heteroatoms. The molecule has 0 aromatic heterocycles. The van der Waals surface area contributed by atoms with E-state index in [0.717, 1.165) is 6.26 Å². The second kappa shape index (κ2) is 8.14. The maximum atomic E-state index is 13.1. The van der Waals surface area contributed by atoms with E-state index in [1.165, 1.54) is 42.5 Å². The Morgan fingerprint density at radius 1 is 1.12 bits per heavy atom. The van der Waals surface area contributed by atoms with Gasteiger partial charge in [0.25, 0.3) is 0 Å². The van der Waals surface area contributed by atoms with E-state index < -0.39 is 27.8 Å². The lowest BCUT2D eigenvalue weighted by Gasteiger charge is -2.18. The fraction of sp³-hybridized carbons (Fsp3) is 0.188. The summed E-state index contributed by atoms with van der Waals surface area (Å²) < 4.78 is 38.6. The molecule has 0 bridgehead atoms. The number of amides is 1. The molecule has 2 aromatic carbocycles. The summed E-state index contributed by atoms with van der Waals surface area (Å²) in [5.41, 5.74) is 0.853. The molecule has 0 aliphatic carbocycles. The largest absolute Gasteiger partial charge is 0.326 e. The Morgan fingerprint density at radius 3 is 2.20 bits per heavy atom. The van der Waals surface area contributed by atoms with Crippen LogP contribution in [0.4, 0.5) is 10.1 Å². The molecule has 0 heterocycles. The molecular formula is C16H15Cl2FN2O3S. The summed E-state index contributed by atoms with van der Waals surface area (Å²) in [5, 5.41) is 3.31.